The summed E-state index contributed by atoms with van der Waals surface area (Å²) in [5.74, 6) is -0.619. The third-order valence-corrected chi connectivity index (χ3v) is 5.66. The normalized spacial score (nSPS) is 15.6. The second-order valence-corrected chi connectivity index (χ2v) is 8.26. The van der Waals surface area contributed by atoms with Gasteiger partial charge in [0.25, 0.3) is 5.91 Å². The molecule has 0 atom stereocenters. The topological polar surface area (TPSA) is 73.6 Å². The minimum atomic E-state index is -4.77. The molecular formula is C23H20F3N3O3S. The lowest BCUT2D eigenvalue weighted by Gasteiger charge is -2.30. The van der Waals surface area contributed by atoms with E-state index in [1.54, 1.807) is 36.9 Å². The van der Waals surface area contributed by atoms with Crippen molar-refractivity contribution in [3.05, 3.63) is 53.1 Å². The fraction of sp³-hybridized carbons (Fsp3) is 0.304. The summed E-state index contributed by atoms with van der Waals surface area (Å²) >= 11 is 5.53. The first-order chi connectivity index (χ1) is 15.3. The molecule has 0 radical (unpaired) electrons. The summed E-state index contributed by atoms with van der Waals surface area (Å²) in [6, 6.07) is 9.50. The van der Waals surface area contributed by atoms with E-state index in [-0.39, 0.29) is 10.8 Å². The molecule has 1 aliphatic rings. The van der Waals surface area contributed by atoms with Crippen molar-refractivity contribution in [3.8, 4) is 11.8 Å². The van der Waals surface area contributed by atoms with Gasteiger partial charge in [0.1, 0.15) is 11.3 Å². The lowest BCUT2D eigenvalue weighted by Crippen LogP contribution is -2.44. The van der Waals surface area contributed by atoms with Crippen molar-refractivity contribution in [2.75, 3.05) is 9.80 Å². The van der Waals surface area contributed by atoms with Gasteiger partial charge in [0.15, 0.2) is 5.11 Å². The Morgan fingerprint density at radius 2 is 1.82 bits per heavy atom. The highest BCUT2D eigenvalue weighted by Crippen LogP contribution is 2.40. The van der Waals surface area contributed by atoms with Gasteiger partial charge in [-0.3, -0.25) is 14.5 Å². The Bertz CT molecular complexity index is 1200. The number of hydrogen-bond donors (Lipinski definition) is 0. The van der Waals surface area contributed by atoms with Gasteiger partial charge in [-0.15, -0.1) is 0 Å². The molecule has 1 heterocycles. The lowest BCUT2D eigenvalue weighted by atomic mass is 10.0. The van der Waals surface area contributed by atoms with Gasteiger partial charge in [-0.25, -0.2) is 0 Å². The first-order valence-electron chi connectivity index (χ1n) is 9.94. The smallest absolute Gasteiger partial charge is 0.417 e. The maximum atomic E-state index is 13.5. The van der Waals surface area contributed by atoms with Gasteiger partial charge in [0.05, 0.1) is 22.9 Å². The van der Waals surface area contributed by atoms with E-state index >= 15 is 0 Å². The first-order valence-corrected chi connectivity index (χ1v) is 10.3. The minimum absolute atomic E-state index is 0.00915. The fourth-order valence-electron chi connectivity index (χ4n) is 3.70. The van der Waals surface area contributed by atoms with Crippen LogP contribution in [0.3, 0.4) is 0 Å². The second-order valence-electron chi connectivity index (χ2n) is 7.90. The number of benzene rings is 2. The Morgan fingerprint density at radius 3 is 2.36 bits per heavy atom. The standard InChI is InChI=1S/C23H20F3N3O3S/c1-5-14-10-17(8-9-19(14)32-13(2)30)29-21(33)28(20(31)22(29,3)4)16-7-6-15(12-27)18(11-16)23(24,25)26/h6-11H,5H2,1-4H3. The highest BCUT2D eigenvalue weighted by Gasteiger charge is 2.50. The molecule has 2 aromatic carbocycles. The van der Waals surface area contributed by atoms with Gasteiger partial charge in [-0.2, -0.15) is 18.4 Å². The fourth-order valence-corrected chi connectivity index (χ4v) is 4.22. The maximum absolute atomic E-state index is 13.5. The number of halogens is 3. The van der Waals surface area contributed by atoms with E-state index < -0.39 is 34.7 Å². The van der Waals surface area contributed by atoms with Crippen LogP contribution in [0, 0.1) is 11.3 Å². The number of ether oxygens (including phenoxy) is 1. The van der Waals surface area contributed by atoms with Crippen molar-refractivity contribution >= 4 is 40.6 Å². The molecule has 0 N–H and O–H groups in total. The molecule has 172 valence electrons. The van der Waals surface area contributed by atoms with Gasteiger partial charge >= 0.3 is 12.1 Å². The second kappa shape index (κ2) is 8.48. The zero-order chi connectivity index (χ0) is 24.7. The number of anilines is 2. The molecule has 0 aliphatic carbocycles. The van der Waals surface area contributed by atoms with E-state index in [9.17, 15) is 22.8 Å². The summed E-state index contributed by atoms with van der Waals surface area (Å²) in [6.45, 7) is 6.38. The summed E-state index contributed by atoms with van der Waals surface area (Å²) in [5, 5.41) is 9.04. The monoisotopic (exact) mass is 475 g/mol. The van der Waals surface area contributed by atoms with Crippen LogP contribution >= 0.6 is 12.2 Å². The minimum Gasteiger partial charge on any atom is -0.426 e. The summed E-state index contributed by atoms with van der Waals surface area (Å²) in [4.78, 5) is 27.2. The van der Waals surface area contributed by atoms with Crippen LogP contribution in [-0.2, 0) is 22.2 Å². The van der Waals surface area contributed by atoms with Crippen LogP contribution < -0.4 is 14.5 Å². The largest absolute Gasteiger partial charge is 0.426 e. The molecule has 10 heteroatoms. The Morgan fingerprint density at radius 1 is 1.18 bits per heavy atom. The quantitative estimate of drug-likeness (QED) is 0.353. The van der Waals surface area contributed by atoms with Gasteiger partial charge in [0, 0.05) is 12.6 Å². The number of thiocarbonyl (C=S) groups is 1. The molecule has 33 heavy (non-hydrogen) atoms. The Balaban J connectivity index is 2.09. The van der Waals surface area contributed by atoms with E-state index in [0.29, 0.717) is 23.4 Å². The van der Waals surface area contributed by atoms with Crippen LogP contribution in [0.1, 0.15) is 44.4 Å². The predicted octanol–water partition coefficient (Wildman–Crippen LogP) is 4.98. The number of aryl methyl sites for hydroxylation is 1. The van der Waals surface area contributed by atoms with Crippen LogP contribution in [0.4, 0.5) is 24.5 Å². The van der Waals surface area contributed by atoms with Gasteiger partial charge in [-0.05, 0) is 74.4 Å². The van der Waals surface area contributed by atoms with Crippen LogP contribution in [0.15, 0.2) is 36.4 Å². The molecule has 2 aromatic rings. The third-order valence-electron chi connectivity index (χ3n) is 5.29. The lowest BCUT2D eigenvalue weighted by molar-refractivity contribution is -0.138. The van der Waals surface area contributed by atoms with Crippen LogP contribution in [0.25, 0.3) is 0 Å². The summed E-state index contributed by atoms with van der Waals surface area (Å²) in [5.41, 5.74) is -1.76. The molecule has 3 rings (SSSR count). The zero-order valence-corrected chi connectivity index (χ0v) is 19.1. The van der Waals surface area contributed by atoms with E-state index in [1.165, 1.54) is 19.1 Å². The van der Waals surface area contributed by atoms with E-state index in [2.05, 4.69) is 0 Å². The number of carbonyl (C=O) groups is 2. The number of hydrogen-bond acceptors (Lipinski definition) is 5. The Kier molecular flexibility index (Phi) is 6.22. The molecule has 1 saturated heterocycles. The molecule has 0 bridgehead atoms. The molecule has 1 fully saturated rings. The number of nitriles is 1. The van der Waals surface area contributed by atoms with Crippen molar-refractivity contribution in [2.24, 2.45) is 0 Å². The average molecular weight is 475 g/mol. The number of carbonyl (C=O) groups excluding carboxylic acids is 2. The van der Waals surface area contributed by atoms with Gasteiger partial charge < -0.3 is 9.64 Å². The molecule has 6 nitrogen and oxygen atoms in total. The molecule has 0 saturated carbocycles. The zero-order valence-electron chi connectivity index (χ0n) is 18.3. The first kappa shape index (κ1) is 24.2. The SMILES string of the molecule is CCc1cc(N2C(=S)N(c3ccc(C#N)c(C(F)(F)F)c3)C(=O)C2(C)C)ccc1OC(C)=O. The van der Waals surface area contributed by atoms with Crippen LogP contribution in [0.5, 0.6) is 5.75 Å². The van der Waals surface area contributed by atoms with Crippen molar-refractivity contribution in [2.45, 2.75) is 45.8 Å². The summed E-state index contributed by atoms with van der Waals surface area (Å²) in [6.07, 6.45) is -4.25. The Hall–Kier alpha value is -3.45. The summed E-state index contributed by atoms with van der Waals surface area (Å²) in [7, 11) is 0. The molecule has 1 amide bonds. The van der Waals surface area contributed by atoms with Crippen molar-refractivity contribution in [1.82, 2.24) is 0 Å². The number of nitrogens with zero attached hydrogens (tertiary/aromatic N) is 3. The predicted molar refractivity (Wildman–Crippen MR) is 120 cm³/mol. The van der Waals surface area contributed by atoms with Gasteiger partial charge in [-0.1, -0.05) is 6.92 Å². The molecular weight excluding hydrogens is 455 g/mol. The maximum Gasteiger partial charge on any atom is 0.417 e. The van der Waals surface area contributed by atoms with E-state index in [1.807, 2.05) is 6.92 Å². The van der Waals surface area contributed by atoms with Crippen LogP contribution in [0.2, 0.25) is 0 Å². The molecule has 0 unspecified atom stereocenters. The average Bonchev–Trinajstić information content (AvgIpc) is 2.91. The molecule has 0 spiro atoms. The Labute approximate surface area is 194 Å². The van der Waals surface area contributed by atoms with Crippen molar-refractivity contribution < 1.29 is 27.5 Å². The van der Waals surface area contributed by atoms with Crippen LogP contribution in [-0.4, -0.2) is 22.5 Å². The van der Waals surface area contributed by atoms with Crippen molar-refractivity contribution in [3.63, 3.8) is 0 Å². The molecule has 0 aromatic heterocycles. The number of esters is 1. The van der Waals surface area contributed by atoms with Crippen molar-refractivity contribution in [1.29, 1.82) is 5.26 Å². The van der Waals surface area contributed by atoms with E-state index in [0.717, 1.165) is 17.0 Å². The molecule has 1 aliphatic heterocycles. The van der Waals surface area contributed by atoms with E-state index in [4.69, 9.17) is 22.2 Å². The number of rotatable bonds is 4. The highest BCUT2D eigenvalue weighted by atomic mass is 32.1. The summed E-state index contributed by atoms with van der Waals surface area (Å²) < 4.78 is 45.6. The number of amides is 1. The third kappa shape index (κ3) is 4.28. The van der Waals surface area contributed by atoms with Gasteiger partial charge in [0.2, 0.25) is 0 Å². The highest BCUT2D eigenvalue weighted by molar-refractivity contribution is 7.81. The number of alkyl halides is 3.